The van der Waals surface area contributed by atoms with Crippen LogP contribution in [-0.4, -0.2) is 22.8 Å². The third kappa shape index (κ3) is 3.94. The van der Waals surface area contributed by atoms with E-state index in [1.165, 1.54) is 12.8 Å². The fraction of sp³-hybridized carbons (Fsp3) is 0.714. The van der Waals surface area contributed by atoms with Crippen LogP contribution >= 0.6 is 21.6 Å². The van der Waals surface area contributed by atoms with Gasteiger partial charge in [-0.25, -0.2) is 0 Å². The summed E-state index contributed by atoms with van der Waals surface area (Å²) in [7, 11) is 3.55. The number of nitrogens with one attached hydrogen (secondary N) is 1. The molecule has 0 aromatic heterocycles. The summed E-state index contributed by atoms with van der Waals surface area (Å²) < 4.78 is 0. The summed E-state index contributed by atoms with van der Waals surface area (Å²) in [6.07, 6.45) is 6.53. The first kappa shape index (κ1) is 9.29. The fourth-order valence-electron chi connectivity index (χ4n) is 0.833. The van der Waals surface area contributed by atoms with E-state index in [-0.39, 0.29) is 6.61 Å². The first-order chi connectivity index (χ1) is 5.43. The molecule has 0 bridgehead atoms. The lowest BCUT2D eigenvalue weighted by molar-refractivity contribution is 0.323. The number of rotatable bonds is 4. The Morgan fingerprint density at radius 3 is 3.18 bits per heavy atom. The van der Waals surface area contributed by atoms with Gasteiger partial charge in [0, 0.05) is 5.75 Å². The summed E-state index contributed by atoms with van der Waals surface area (Å²) in [6, 6.07) is 0. The fourth-order valence-corrected chi connectivity index (χ4v) is 2.99. The Balaban J connectivity index is 2.02. The second-order valence-corrected chi connectivity index (χ2v) is 4.97. The van der Waals surface area contributed by atoms with Gasteiger partial charge in [-0.1, -0.05) is 27.7 Å². The number of aliphatic hydroxyl groups is 1. The molecule has 1 rings (SSSR count). The highest BCUT2D eigenvalue weighted by Gasteiger charge is 2.08. The van der Waals surface area contributed by atoms with Gasteiger partial charge in [-0.2, -0.15) is 0 Å². The van der Waals surface area contributed by atoms with E-state index >= 15 is 0 Å². The van der Waals surface area contributed by atoms with E-state index in [1.54, 1.807) is 10.8 Å². The highest BCUT2D eigenvalue weighted by Crippen LogP contribution is 2.28. The summed E-state index contributed by atoms with van der Waals surface area (Å²) in [5, 5.41) is 12.3. The van der Waals surface area contributed by atoms with Crippen LogP contribution in [0.25, 0.3) is 0 Å². The van der Waals surface area contributed by atoms with Crippen LogP contribution < -0.4 is 5.32 Å². The van der Waals surface area contributed by atoms with E-state index in [0.29, 0.717) is 5.37 Å². The monoisotopic (exact) mass is 191 g/mol. The average molecular weight is 191 g/mol. The van der Waals surface area contributed by atoms with Crippen molar-refractivity contribution >= 4 is 21.6 Å². The highest BCUT2D eigenvalue weighted by atomic mass is 33.1. The number of hydrogen-bond acceptors (Lipinski definition) is 4. The van der Waals surface area contributed by atoms with Crippen LogP contribution in [0.15, 0.2) is 12.3 Å². The predicted octanol–water partition coefficient (Wildman–Crippen LogP) is 1.58. The van der Waals surface area contributed by atoms with E-state index in [2.05, 4.69) is 11.4 Å². The lowest BCUT2D eigenvalue weighted by Crippen LogP contribution is -2.22. The molecule has 11 heavy (non-hydrogen) atoms. The molecule has 0 amide bonds. The minimum absolute atomic E-state index is 0.278. The van der Waals surface area contributed by atoms with Crippen LogP contribution in [0, 0.1) is 0 Å². The molecule has 1 unspecified atom stereocenters. The van der Waals surface area contributed by atoms with Crippen LogP contribution in [0.1, 0.15) is 12.8 Å². The average Bonchev–Trinajstić information content (AvgIpc) is 2.07. The predicted molar refractivity (Wildman–Crippen MR) is 52.4 cm³/mol. The molecule has 64 valence electrons. The molecule has 0 aromatic carbocycles. The Morgan fingerprint density at radius 1 is 1.64 bits per heavy atom. The maximum Gasteiger partial charge on any atom is 0.0822 e. The lowest BCUT2D eigenvalue weighted by Gasteiger charge is -2.18. The standard InChI is InChI=1S/C7H13NOS2/c9-5-6-10-11-7-3-1-2-4-8-7/h2,4,7-9H,1,3,5-6H2. The van der Waals surface area contributed by atoms with Crippen molar-refractivity contribution in [2.24, 2.45) is 0 Å². The molecule has 0 saturated carbocycles. The van der Waals surface area contributed by atoms with Crippen molar-refractivity contribution < 1.29 is 5.11 Å². The molecule has 1 aliphatic rings. The molecule has 1 atom stereocenters. The zero-order chi connectivity index (χ0) is 7.94. The van der Waals surface area contributed by atoms with Crippen molar-refractivity contribution in [3.63, 3.8) is 0 Å². The lowest BCUT2D eigenvalue weighted by atomic mass is 10.2. The largest absolute Gasteiger partial charge is 0.395 e. The Bertz CT molecular complexity index is 130. The number of aliphatic hydroxyl groups excluding tert-OH is 1. The van der Waals surface area contributed by atoms with Gasteiger partial charge in [0.25, 0.3) is 0 Å². The van der Waals surface area contributed by atoms with E-state index in [1.807, 2.05) is 17.0 Å². The van der Waals surface area contributed by atoms with Crippen molar-refractivity contribution in [1.82, 2.24) is 5.32 Å². The van der Waals surface area contributed by atoms with Crippen molar-refractivity contribution in [2.45, 2.75) is 18.2 Å². The van der Waals surface area contributed by atoms with Gasteiger partial charge >= 0.3 is 0 Å². The van der Waals surface area contributed by atoms with Crippen LogP contribution in [0.4, 0.5) is 0 Å². The van der Waals surface area contributed by atoms with Crippen LogP contribution in [0.2, 0.25) is 0 Å². The van der Waals surface area contributed by atoms with Gasteiger partial charge in [-0.05, 0) is 19.0 Å². The molecule has 0 spiro atoms. The van der Waals surface area contributed by atoms with Gasteiger partial charge in [0.05, 0.1) is 12.0 Å². The van der Waals surface area contributed by atoms with Gasteiger partial charge in [0.15, 0.2) is 0 Å². The number of allylic oxidation sites excluding steroid dienone is 1. The molecule has 1 aliphatic heterocycles. The normalized spacial score (nSPS) is 23.2. The molecule has 2 nitrogen and oxygen atoms in total. The van der Waals surface area contributed by atoms with Crippen molar-refractivity contribution in [3.05, 3.63) is 12.3 Å². The minimum Gasteiger partial charge on any atom is -0.395 e. The summed E-state index contributed by atoms with van der Waals surface area (Å²) >= 11 is 0. The summed E-state index contributed by atoms with van der Waals surface area (Å²) in [5.74, 6) is 0.826. The van der Waals surface area contributed by atoms with E-state index in [0.717, 1.165) is 5.75 Å². The smallest absolute Gasteiger partial charge is 0.0822 e. The molecular weight excluding hydrogens is 178 g/mol. The Labute approximate surface area is 75.2 Å². The van der Waals surface area contributed by atoms with Crippen molar-refractivity contribution in [3.8, 4) is 0 Å². The molecular formula is C7H13NOS2. The Hall–Kier alpha value is 0.200. The second kappa shape index (κ2) is 5.80. The van der Waals surface area contributed by atoms with Gasteiger partial charge in [0.2, 0.25) is 0 Å². The topological polar surface area (TPSA) is 32.3 Å². The summed E-state index contributed by atoms with van der Waals surface area (Å²) in [4.78, 5) is 0. The minimum atomic E-state index is 0.278. The molecule has 0 aromatic rings. The van der Waals surface area contributed by atoms with Gasteiger partial charge in [0.1, 0.15) is 0 Å². The van der Waals surface area contributed by atoms with Crippen molar-refractivity contribution in [2.75, 3.05) is 12.4 Å². The molecule has 0 radical (unpaired) electrons. The number of hydrogen-bond donors (Lipinski definition) is 2. The molecule has 0 aliphatic carbocycles. The van der Waals surface area contributed by atoms with E-state index < -0.39 is 0 Å². The first-order valence-corrected chi connectivity index (χ1v) is 6.12. The van der Waals surface area contributed by atoms with Crippen LogP contribution in [-0.2, 0) is 0 Å². The van der Waals surface area contributed by atoms with Crippen LogP contribution in [0.3, 0.4) is 0 Å². The van der Waals surface area contributed by atoms with E-state index in [4.69, 9.17) is 5.11 Å². The maximum atomic E-state index is 8.53. The highest BCUT2D eigenvalue weighted by molar-refractivity contribution is 8.76. The third-order valence-electron chi connectivity index (χ3n) is 1.35. The maximum absolute atomic E-state index is 8.53. The summed E-state index contributed by atoms with van der Waals surface area (Å²) in [5.41, 5.74) is 0. The zero-order valence-electron chi connectivity index (χ0n) is 6.32. The molecule has 4 heteroatoms. The quantitative estimate of drug-likeness (QED) is 0.522. The second-order valence-electron chi connectivity index (χ2n) is 2.28. The van der Waals surface area contributed by atoms with Gasteiger partial charge in [-0.3, -0.25) is 0 Å². The molecule has 0 fully saturated rings. The molecule has 1 heterocycles. The van der Waals surface area contributed by atoms with Gasteiger partial charge in [-0.15, -0.1) is 0 Å². The van der Waals surface area contributed by atoms with Crippen LogP contribution in [0.5, 0.6) is 0 Å². The first-order valence-electron chi connectivity index (χ1n) is 3.73. The molecule has 0 saturated heterocycles. The molecule has 2 N–H and O–H groups in total. The summed E-state index contributed by atoms with van der Waals surface area (Å²) in [6.45, 7) is 0.278. The van der Waals surface area contributed by atoms with Crippen molar-refractivity contribution in [1.29, 1.82) is 0 Å². The third-order valence-corrected chi connectivity index (χ3v) is 4.05. The zero-order valence-corrected chi connectivity index (χ0v) is 7.96. The Morgan fingerprint density at radius 2 is 2.55 bits per heavy atom. The Kier molecular flexibility index (Phi) is 4.90. The van der Waals surface area contributed by atoms with Gasteiger partial charge < -0.3 is 10.4 Å². The van der Waals surface area contributed by atoms with E-state index in [9.17, 15) is 0 Å². The SMILES string of the molecule is OCCSSC1CCC=CN1.